The van der Waals surface area contributed by atoms with Crippen molar-refractivity contribution in [1.29, 1.82) is 0 Å². The van der Waals surface area contributed by atoms with Gasteiger partial charge in [0.2, 0.25) is 0 Å². The number of nitrogens with zero attached hydrogens (tertiary/aromatic N) is 1. The summed E-state index contributed by atoms with van der Waals surface area (Å²) in [6.45, 7) is 7.55. The quantitative estimate of drug-likeness (QED) is 0.917. The first kappa shape index (κ1) is 15.0. The van der Waals surface area contributed by atoms with Gasteiger partial charge in [0, 0.05) is 18.2 Å². The monoisotopic (exact) mass is 274 g/mol. The van der Waals surface area contributed by atoms with Crippen molar-refractivity contribution >= 4 is 5.91 Å². The maximum atomic E-state index is 12.9. The van der Waals surface area contributed by atoms with Gasteiger partial charge in [0.05, 0.1) is 0 Å². The summed E-state index contributed by atoms with van der Waals surface area (Å²) in [6, 6.07) is 6.41. The van der Waals surface area contributed by atoms with Gasteiger partial charge in [-0.1, -0.05) is 24.1 Å². The molecule has 1 fully saturated rings. The Labute approximate surface area is 122 Å². The highest BCUT2D eigenvalue weighted by molar-refractivity contribution is 5.96. The minimum atomic E-state index is 0.166. The van der Waals surface area contributed by atoms with Gasteiger partial charge in [-0.05, 0) is 57.7 Å². The molecule has 1 aliphatic carbocycles. The number of nitrogens with two attached hydrogens (primary N) is 1. The van der Waals surface area contributed by atoms with Gasteiger partial charge in [0.25, 0.3) is 5.91 Å². The van der Waals surface area contributed by atoms with Crippen LogP contribution < -0.4 is 5.73 Å². The number of carbonyl (C=O) groups excluding carboxylic acids is 1. The summed E-state index contributed by atoms with van der Waals surface area (Å²) in [7, 11) is 0. The van der Waals surface area contributed by atoms with Crippen LogP contribution in [0.15, 0.2) is 18.2 Å². The van der Waals surface area contributed by atoms with Crippen LogP contribution in [0.1, 0.15) is 47.7 Å². The molecule has 0 saturated heterocycles. The second-order valence-corrected chi connectivity index (χ2v) is 5.90. The number of aryl methyl sites for hydroxylation is 2. The number of hydrogen-bond donors (Lipinski definition) is 1. The summed E-state index contributed by atoms with van der Waals surface area (Å²) in [5.74, 6) is 0.628. The number of amides is 1. The number of hydrogen-bond acceptors (Lipinski definition) is 2. The molecule has 2 rings (SSSR count). The Morgan fingerprint density at radius 1 is 1.35 bits per heavy atom. The van der Waals surface area contributed by atoms with Gasteiger partial charge in [-0.3, -0.25) is 4.79 Å². The predicted molar refractivity (Wildman–Crippen MR) is 82.8 cm³/mol. The molecule has 0 heterocycles. The molecule has 0 aliphatic heterocycles. The minimum Gasteiger partial charge on any atom is -0.336 e. The Bertz CT molecular complexity index is 484. The van der Waals surface area contributed by atoms with E-state index in [9.17, 15) is 4.79 Å². The Morgan fingerprint density at radius 2 is 2.10 bits per heavy atom. The molecule has 1 aromatic rings. The van der Waals surface area contributed by atoms with Crippen molar-refractivity contribution in [3.63, 3.8) is 0 Å². The molecule has 0 bridgehead atoms. The van der Waals surface area contributed by atoms with Crippen LogP contribution in [0.25, 0.3) is 0 Å². The van der Waals surface area contributed by atoms with E-state index in [1.807, 2.05) is 30.9 Å². The highest BCUT2D eigenvalue weighted by Gasteiger charge is 2.33. The third-order valence-electron chi connectivity index (χ3n) is 4.55. The van der Waals surface area contributed by atoms with E-state index in [1.165, 1.54) is 6.42 Å². The second kappa shape index (κ2) is 6.40. The highest BCUT2D eigenvalue weighted by atomic mass is 16.2. The van der Waals surface area contributed by atoms with Gasteiger partial charge in [0.15, 0.2) is 0 Å². The normalized spacial score (nSPS) is 22.0. The molecule has 3 heteroatoms. The SMILES string of the molecule is CCN(C(=O)c1cc(C)ccc1C)C1CCCC1CN. The fourth-order valence-corrected chi connectivity index (χ4v) is 3.35. The number of rotatable bonds is 4. The zero-order chi connectivity index (χ0) is 14.7. The average molecular weight is 274 g/mol. The molecule has 20 heavy (non-hydrogen) atoms. The fourth-order valence-electron chi connectivity index (χ4n) is 3.35. The molecule has 3 nitrogen and oxygen atoms in total. The molecule has 1 amide bonds. The van der Waals surface area contributed by atoms with Crippen LogP contribution >= 0.6 is 0 Å². The molecular weight excluding hydrogens is 248 g/mol. The molecule has 110 valence electrons. The molecular formula is C17H26N2O. The van der Waals surface area contributed by atoms with Gasteiger partial charge in [0.1, 0.15) is 0 Å². The minimum absolute atomic E-state index is 0.166. The second-order valence-electron chi connectivity index (χ2n) is 5.90. The van der Waals surface area contributed by atoms with E-state index in [0.717, 1.165) is 36.1 Å². The molecule has 0 radical (unpaired) electrons. The Kier molecular flexibility index (Phi) is 4.81. The lowest BCUT2D eigenvalue weighted by molar-refractivity contribution is 0.0651. The van der Waals surface area contributed by atoms with Gasteiger partial charge in [-0.2, -0.15) is 0 Å². The van der Waals surface area contributed by atoms with Crippen LogP contribution in [0.4, 0.5) is 0 Å². The first-order valence-corrected chi connectivity index (χ1v) is 7.66. The van der Waals surface area contributed by atoms with Crippen LogP contribution in [0, 0.1) is 19.8 Å². The van der Waals surface area contributed by atoms with Crippen molar-refractivity contribution in [1.82, 2.24) is 4.90 Å². The predicted octanol–water partition coefficient (Wildman–Crippen LogP) is 2.89. The van der Waals surface area contributed by atoms with E-state index in [0.29, 0.717) is 18.5 Å². The summed E-state index contributed by atoms with van der Waals surface area (Å²) < 4.78 is 0. The van der Waals surface area contributed by atoms with Gasteiger partial charge in [-0.15, -0.1) is 0 Å². The lowest BCUT2D eigenvalue weighted by Gasteiger charge is -2.32. The van der Waals surface area contributed by atoms with Crippen molar-refractivity contribution < 1.29 is 4.79 Å². The number of carbonyl (C=O) groups is 1. The Balaban J connectivity index is 2.27. The van der Waals surface area contributed by atoms with E-state index in [-0.39, 0.29) is 5.91 Å². The third-order valence-corrected chi connectivity index (χ3v) is 4.55. The molecule has 0 aromatic heterocycles. The zero-order valence-electron chi connectivity index (χ0n) is 12.9. The zero-order valence-corrected chi connectivity index (χ0v) is 12.9. The fraction of sp³-hybridized carbons (Fsp3) is 0.588. The van der Waals surface area contributed by atoms with Crippen LogP contribution in [0.2, 0.25) is 0 Å². The Morgan fingerprint density at radius 3 is 2.75 bits per heavy atom. The largest absolute Gasteiger partial charge is 0.336 e. The van der Waals surface area contributed by atoms with E-state index in [2.05, 4.69) is 13.0 Å². The molecule has 2 unspecified atom stereocenters. The highest BCUT2D eigenvalue weighted by Crippen LogP contribution is 2.30. The van der Waals surface area contributed by atoms with Crippen molar-refractivity contribution in [3.05, 3.63) is 34.9 Å². The summed E-state index contributed by atoms with van der Waals surface area (Å²) in [5, 5.41) is 0. The third kappa shape index (κ3) is 2.88. The molecule has 1 aliphatic rings. The topological polar surface area (TPSA) is 46.3 Å². The lowest BCUT2D eigenvalue weighted by Crippen LogP contribution is -2.44. The smallest absolute Gasteiger partial charge is 0.254 e. The van der Waals surface area contributed by atoms with Crippen LogP contribution in [-0.4, -0.2) is 29.9 Å². The standard InChI is InChI=1S/C17H26N2O/c1-4-19(16-7-5-6-14(16)11-18)17(20)15-10-12(2)8-9-13(15)3/h8-10,14,16H,4-7,11,18H2,1-3H3. The van der Waals surface area contributed by atoms with E-state index < -0.39 is 0 Å². The Hall–Kier alpha value is -1.35. The van der Waals surface area contributed by atoms with Crippen molar-refractivity contribution in [3.8, 4) is 0 Å². The van der Waals surface area contributed by atoms with Gasteiger partial charge < -0.3 is 10.6 Å². The van der Waals surface area contributed by atoms with E-state index in [4.69, 9.17) is 5.73 Å². The molecule has 2 N–H and O–H groups in total. The molecule has 1 aromatic carbocycles. The summed E-state index contributed by atoms with van der Waals surface area (Å²) in [5.41, 5.74) is 8.91. The van der Waals surface area contributed by atoms with Gasteiger partial charge >= 0.3 is 0 Å². The summed E-state index contributed by atoms with van der Waals surface area (Å²) >= 11 is 0. The molecule has 0 spiro atoms. The average Bonchev–Trinajstić information content (AvgIpc) is 2.90. The van der Waals surface area contributed by atoms with Crippen molar-refractivity contribution in [2.75, 3.05) is 13.1 Å². The molecule has 2 atom stereocenters. The number of benzene rings is 1. The lowest BCUT2D eigenvalue weighted by atomic mass is 9.99. The van der Waals surface area contributed by atoms with Gasteiger partial charge in [-0.25, -0.2) is 0 Å². The first-order valence-electron chi connectivity index (χ1n) is 7.66. The van der Waals surface area contributed by atoms with E-state index >= 15 is 0 Å². The van der Waals surface area contributed by atoms with Crippen LogP contribution in [0.5, 0.6) is 0 Å². The maximum absolute atomic E-state index is 12.9. The van der Waals surface area contributed by atoms with Crippen LogP contribution in [0.3, 0.4) is 0 Å². The van der Waals surface area contributed by atoms with Crippen LogP contribution in [-0.2, 0) is 0 Å². The summed E-state index contributed by atoms with van der Waals surface area (Å²) in [4.78, 5) is 14.9. The summed E-state index contributed by atoms with van der Waals surface area (Å²) in [6.07, 6.45) is 3.42. The maximum Gasteiger partial charge on any atom is 0.254 e. The molecule has 1 saturated carbocycles. The van der Waals surface area contributed by atoms with Crippen molar-refractivity contribution in [2.24, 2.45) is 11.7 Å². The van der Waals surface area contributed by atoms with Crippen molar-refractivity contribution in [2.45, 2.75) is 46.1 Å². The van der Waals surface area contributed by atoms with E-state index in [1.54, 1.807) is 0 Å². The first-order chi connectivity index (χ1) is 9.58.